The van der Waals surface area contributed by atoms with E-state index in [1.807, 2.05) is 11.2 Å². The molecule has 7 nitrogen and oxygen atoms in total. The van der Waals surface area contributed by atoms with E-state index in [-0.39, 0.29) is 5.91 Å². The zero-order valence-electron chi connectivity index (χ0n) is 12.8. The SMILES string of the molecule is CS[C@H](C)CC(=O)N1CCN(c2cncc3ncnn23)CC1. The number of nitrogens with zero attached hydrogens (tertiary/aromatic N) is 6. The highest BCUT2D eigenvalue weighted by molar-refractivity contribution is 7.99. The Balaban J connectivity index is 1.64. The lowest BCUT2D eigenvalue weighted by Crippen LogP contribution is -2.49. The molecule has 1 amide bonds. The van der Waals surface area contributed by atoms with E-state index in [9.17, 15) is 4.79 Å². The number of thioether (sulfide) groups is 1. The van der Waals surface area contributed by atoms with E-state index >= 15 is 0 Å². The van der Waals surface area contributed by atoms with E-state index in [4.69, 9.17) is 0 Å². The highest BCUT2D eigenvalue weighted by Crippen LogP contribution is 2.17. The van der Waals surface area contributed by atoms with Crippen LogP contribution in [0.4, 0.5) is 5.82 Å². The Morgan fingerprint density at radius 2 is 2.09 bits per heavy atom. The molecule has 2 aromatic rings. The highest BCUT2D eigenvalue weighted by Gasteiger charge is 2.23. The Morgan fingerprint density at radius 1 is 1.32 bits per heavy atom. The lowest BCUT2D eigenvalue weighted by atomic mass is 10.2. The Hall–Kier alpha value is -1.83. The summed E-state index contributed by atoms with van der Waals surface area (Å²) in [6.07, 6.45) is 7.68. The van der Waals surface area contributed by atoms with Gasteiger partial charge >= 0.3 is 0 Å². The quantitative estimate of drug-likeness (QED) is 0.834. The summed E-state index contributed by atoms with van der Waals surface area (Å²) in [5, 5.41) is 4.61. The van der Waals surface area contributed by atoms with Gasteiger partial charge in [0.15, 0.2) is 11.5 Å². The Kier molecular flexibility index (Phi) is 4.47. The van der Waals surface area contributed by atoms with Crippen LogP contribution < -0.4 is 4.90 Å². The van der Waals surface area contributed by atoms with Crippen molar-refractivity contribution in [1.29, 1.82) is 0 Å². The maximum Gasteiger partial charge on any atom is 0.223 e. The molecule has 0 aliphatic carbocycles. The molecule has 1 aliphatic heterocycles. The van der Waals surface area contributed by atoms with Crippen LogP contribution in [0.2, 0.25) is 0 Å². The summed E-state index contributed by atoms with van der Waals surface area (Å²) in [4.78, 5) is 24.8. The first-order valence-electron chi connectivity index (χ1n) is 7.38. The fourth-order valence-corrected chi connectivity index (χ4v) is 2.91. The molecule has 1 saturated heterocycles. The monoisotopic (exact) mass is 320 g/mol. The van der Waals surface area contributed by atoms with Gasteiger partial charge in [-0.05, 0) is 6.26 Å². The summed E-state index contributed by atoms with van der Waals surface area (Å²) >= 11 is 1.73. The largest absolute Gasteiger partial charge is 0.352 e. The Morgan fingerprint density at radius 3 is 2.82 bits per heavy atom. The number of fused-ring (bicyclic) bond motifs is 1. The van der Waals surface area contributed by atoms with Crippen molar-refractivity contribution >= 4 is 29.1 Å². The van der Waals surface area contributed by atoms with Crippen LogP contribution in [-0.4, -0.2) is 68.1 Å². The average Bonchev–Trinajstić information content (AvgIpc) is 3.03. The topological polar surface area (TPSA) is 66.6 Å². The fourth-order valence-electron chi connectivity index (χ4n) is 2.60. The van der Waals surface area contributed by atoms with Crippen molar-refractivity contribution in [3.8, 4) is 0 Å². The molecular formula is C14H20N6OS. The van der Waals surface area contributed by atoms with Gasteiger partial charge in [-0.1, -0.05) is 6.92 Å². The van der Waals surface area contributed by atoms with Crippen LogP contribution in [0.15, 0.2) is 18.7 Å². The molecule has 22 heavy (non-hydrogen) atoms. The van der Waals surface area contributed by atoms with Crippen LogP contribution in [0, 0.1) is 0 Å². The van der Waals surface area contributed by atoms with Crippen molar-refractivity contribution in [2.45, 2.75) is 18.6 Å². The molecule has 0 radical (unpaired) electrons. The zero-order valence-corrected chi connectivity index (χ0v) is 13.7. The van der Waals surface area contributed by atoms with Gasteiger partial charge in [-0.3, -0.25) is 9.78 Å². The molecular weight excluding hydrogens is 300 g/mol. The van der Waals surface area contributed by atoms with Crippen LogP contribution in [-0.2, 0) is 4.79 Å². The predicted octanol–water partition coefficient (Wildman–Crippen LogP) is 0.915. The first-order chi connectivity index (χ1) is 10.7. The number of carbonyl (C=O) groups excluding carboxylic acids is 1. The van der Waals surface area contributed by atoms with Crippen LogP contribution in [0.3, 0.4) is 0 Å². The average molecular weight is 320 g/mol. The van der Waals surface area contributed by atoms with Gasteiger partial charge in [0.25, 0.3) is 0 Å². The molecule has 0 aromatic carbocycles. The van der Waals surface area contributed by atoms with Gasteiger partial charge in [-0.15, -0.1) is 0 Å². The molecule has 118 valence electrons. The van der Waals surface area contributed by atoms with Gasteiger partial charge < -0.3 is 9.80 Å². The molecule has 0 spiro atoms. The van der Waals surface area contributed by atoms with Crippen LogP contribution in [0.25, 0.3) is 5.65 Å². The number of amides is 1. The van der Waals surface area contributed by atoms with Gasteiger partial charge in [0.1, 0.15) is 6.33 Å². The van der Waals surface area contributed by atoms with E-state index < -0.39 is 0 Å². The molecule has 1 fully saturated rings. The third-order valence-corrected chi connectivity index (χ3v) is 4.96. The molecule has 1 atom stereocenters. The lowest BCUT2D eigenvalue weighted by molar-refractivity contribution is -0.131. The van der Waals surface area contributed by atoms with Gasteiger partial charge in [-0.2, -0.15) is 21.4 Å². The Labute approximate surface area is 133 Å². The first-order valence-corrected chi connectivity index (χ1v) is 8.67. The molecule has 0 N–H and O–H groups in total. The second-order valence-electron chi connectivity index (χ2n) is 5.41. The number of aromatic nitrogens is 4. The zero-order chi connectivity index (χ0) is 15.5. The van der Waals surface area contributed by atoms with Crippen LogP contribution in [0.1, 0.15) is 13.3 Å². The standard InChI is InChI=1S/C14H20N6OS/c1-11(22-2)7-14(21)19-5-3-18(4-6-19)13-9-15-8-12-16-10-17-20(12)13/h8-11H,3-7H2,1-2H3/t11-/m1/s1. The molecule has 3 rings (SSSR count). The van der Waals surface area contributed by atoms with Crippen LogP contribution >= 0.6 is 11.8 Å². The Bertz CT molecular complexity index is 652. The van der Waals surface area contributed by atoms with Crippen LogP contribution in [0.5, 0.6) is 0 Å². The molecule has 0 bridgehead atoms. The summed E-state index contributed by atoms with van der Waals surface area (Å²) < 4.78 is 1.79. The second kappa shape index (κ2) is 6.51. The van der Waals surface area contributed by atoms with Crippen molar-refractivity contribution in [1.82, 2.24) is 24.5 Å². The minimum Gasteiger partial charge on any atom is -0.352 e. The molecule has 8 heteroatoms. The lowest BCUT2D eigenvalue weighted by Gasteiger charge is -2.36. The molecule has 1 aliphatic rings. The van der Waals surface area contributed by atoms with E-state index in [2.05, 4.69) is 26.9 Å². The predicted molar refractivity (Wildman–Crippen MR) is 87.2 cm³/mol. The van der Waals surface area contributed by atoms with Crippen molar-refractivity contribution in [3.05, 3.63) is 18.7 Å². The van der Waals surface area contributed by atoms with E-state index in [0.29, 0.717) is 11.7 Å². The molecule has 0 saturated carbocycles. The maximum atomic E-state index is 12.2. The number of piperazine rings is 1. The van der Waals surface area contributed by atoms with Gasteiger partial charge in [-0.25, -0.2) is 4.98 Å². The summed E-state index contributed by atoms with van der Waals surface area (Å²) in [5.74, 6) is 1.18. The van der Waals surface area contributed by atoms with Gasteiger partial charge in [0, 0.05) is 37.8 Å². The molecule has 0 unspecified atom stereocenters. The molecule has 3 heterocycles. The smallest absolute Gasteiger partial charge is 0.223 e. The number of carbonyl (C=O) groups is 1. The first kappa shape index (κ1) is 15.1. The van der Waals surface area contributed by atoms with E-state index in [0.717, 1.165) is 37.6 Å². The third kappa shape index (κ3) is 3.01. The van der Waals surface area contributed by atoms with Crippen molar-refractivity contribution in [2.24, 2.45) is 0 Å². The maximum absolute atomic E-state index is 12.2. The second-order valence-corrected chi connectivity index (χ2v) is 6.69. The third-order valence-electron chi connectivity index (χ3n) is 3.99. The van der Waals surface area contributed by atoms with E-state index in [1.165, 1.54) is 6.33 Å². The van der Waals surface area contributed by atoms with Crippen molar-refractivity contribution in [3.63, 3.8) is 0 Å². The summed E-state index contributed by atoms with van der Waals surface area (Å²) in [7, 11) is 0. The highest BCUT2D eigenvalue weighted by atomic mass is 32.2. The van der Waals surface area contributed by atoms with Crippen molar-refractivity contribution < 1.29 is 4.79 Å². The van der Waals surface area contributed by atoms with Gasteiger partial charge in [0.05, 0.1) is 12.4 Å². The minimum absolute atomic E-state index is 0.249. The van der Waals surface area contributed by atoms with Crippen molar-refractivity contribution in [2.75, 3.05) is 37.3 Å². The number of rotatable bonds is 4. The molecule has 2 aromatic heterocycles. The number of hydrogen-bond donors (Lipinski definition) is 0. The number of hydrogen-bond acceptors (Lipinski definition) is 6. The summed E-state index contributed by atoms with van der Waals surface area (Å²) in [5.41, 5.74) is 0.741. The fraction of sp³-hybridized carbons (Fsp3) is 0.571. The summed E-state index contributed by atoms with van der Waals surface area (Å²) in [6.45, 7) is 5.16. The van der Waals surface area contributed by atoms with E-state index in [1.54, 1.807) is 28.7 Å². The minimum atomic E-state index is 0.249. The normalized spacial score (nSPS) is 17.0. The summed E-state index contributed by atoms with van der Waals surface area (Å²) in [6, 6.07) is 0. The number of anilines is 1. The van der Waals surface area contributed by atoms with Gasteiger partial charge in [0.2, 0.25) is 5.91 Å².